The smallest absolute Gasteiger partial charge is 0.798 e. The molecule has 0 aromatic heterocycles. The summed E-state index contributed by atoms with van der Waals surface area (Å²) in [5.41, 5.74) is 0. The molecule has 4 rings (SSSR count). The van der Waals surface area contributed by atoms with Crippen molar-refractivity contribution in [1.29, 1.82) is 0 Å². The molecule has 4 aliphatic rings. The van der Waals surface area contributed by atoms with Crippen molar-refractivity contribution in [2.24, 2.45) is 0 Å². The van der Waals surface area contributed by atoms with Crippen LogP contribution in [-0.4, -0.2) is 96.8 Å². The molecule has 0 amide bonds. The Morgan fingerprint density at radius 2 is 1.46 bits per heavy atom. The van der Waals surface area contributed by atoms with E-state index in [1.165, 1.54) is 0 Å². The fraction of sp³-hybridized carbons (Fsp3) is 1.00. The second kappa shape index (κ2) is 9.92. The van der Waals surface area contributed by atoms with Crippen molar-refractivity contribution < 1.29 is 57.0 Å². The first kappa shape index (κ1) is 21.5. The van der Waals surface area contributed by atoms with E-state index in [9.17, 15) is 9.46 Å². The summed E-state index contributed by atoms with van der Waals surface area (Å²) in [6.45, 7) is 6.81. The number of ether oxygens (including phenoxy) is 1. The van der Waals surface area contributed by atoms with Crippen LogP contribution in [0.1, 0.15) is 0 Å². The molecule has 134 valence electrons. The molecule has 0 radical (unpaired) electrons. The molecule has 0 spiro atoms. The molecule has 4 fully saturated rings. The maximum atomic E-state index is 12.4. The second-order valence-corrected chi connectivity index (χ2v) is 11.3. The van der Waals surface area contributed by atoms with E-state index in [1.54, 1.807) is 0 Å². The van der Waals surface area contributed by atoms with Crippen LogP contribution in [0.4, 0.5) is 0 Å². The van der Waals surface area contributed by atoms with Gasteiger partial charge in [-0.25, -0.2) is 0 Å². The fourth-order valence-corrected chi connectivity index (χ4v) is 8.47. The molecule has 4 heterocycles. The number of hydrogen-bond acceptors (Lipinski definition) is 8. The standard InChI is InChI=1S/C13H27N2O6PSi.Na/c16-22(17,13-15-1-6-18-7-2-15)11-12-23-19-8-3-14(4-9-20-23)5-10-21-23;/h1-13H2,(H,16,17);/q;+1/p-1. The zero-order chi connectivity index (χ0) is 16.2. The summed E-state index contributed by atoms with van der Waals surface area (Å²) in [7, 11) is -6.35. The largest absolute Gasteiger partial charge is 1.00 e. The van der Waals surface area contributed by atoms with E-state index in [1.807, 2.05) is 4.90 Å². The van der Waals surface area contributed by atoms with Crippen LogP contribution in [0.15, 0.2) is 0 Å². The van der Waals surface area contributed by atoms with E-state index in [4.69, 9.17) is 18.0 Å². The van der Waals surface area contributed by atoms with Gasteiger partial charge in [0.25, 0.3) is 0 Å². The first-order valence-corrected chi connectivity index (χ1v) is 12.2. The Morgan fingerprint density at radius 1 is 0.917 bits per heavy atom. The molecule has 8 nitrogen and oxygen atoms in total. The van der Waals surface area contributed by atoms with Crippen LogP contribution < -0.4 is 34.5 Å². The molecule has 4 aliphatic heterocycles. The van der Waals surface area contributed by atoms with Crippen LogP contribution in [0, 0.1) is 0 Å². The van der Waals surface area contributed by atoms with Crippen molar-refractivity contribution in [2.75, 3.05) is 78.2 Å². The average Bonchev–Trinajstić information content (AvgIpc) is 2.45. The van der Waals surface area contributed by atoms with Crippen molar-refractivity contribution in [3.05, 3.63) is 0 Å². The first-order valence-electron chi connectivity index (χ1n) is 8.30. The van der Waals surface area contributed by atoms with Crippen molar-refractivity contribution in [1.82, 2.24) is 9.80 Å². The number of nitrogens with zero attached hydrogens (tertiary/aromatic N) is 2. The van der Waals surface area contributed by atoms with Crippen LogP contribution in [0.25, 0.3) is 0 Å². The molecule has 0 aromatic carbocycles. The topological polar surface area (TPSA) is 83.5 Å². The number of morpholine rings is 1. The molecule has 24 heavy (non-hydrogen) atoms. The van der Waals surface area contributed by atoms with Crippen molar-refractivity contribution >= 4 is 16.2 Å². The minimum absolute atomic E-state index is 0. The Balaban J connectivity index is 0.00000208. The zero-order valence-electron chi connectivity index (χ0n) is 14.5. The molecular weight excluding hydrogens is 362 g/mol. The number of hydrogen-bond donors (Lipinski definition) is 0. The Bertz CT molecular complexity index is 416. The monoisotopic (exact) mass is 388 g/mol. The quantitative estimate of drug-likeness (QED) is 0.351. The predicted molar refractivity (Wildman–Crippen MR) is 84.6 cm³/mol. The summed E-state index contributed by atoms with van der Waals surface area (Å²) in [6, 6.07) is 0.359. The van der Waals surface area contributed by atoms with Crippen molar-refractivity contribution in [3.63, 3.8) is 0 Å². The maximum absolute atomic E-state index is 12.4. The van der Waals surface area contributed by atoms with E-state index in [-0.39, 0.29) is 42.0 Å². The molecule has 0 N–H and O–H groups in total. The second-order valence-electron chi connectivity index (χ2n) is 6.23. The van der Waals surface area contributed by atoms with Gasteiger partial charge in [-0.15, -0.1) is 0 Å². The molecule has 0 aliphatic carbocycles. The van der Waals surface area contributed by atoms with Gasteiger partial charge >= 0.3 is 38.4 Å². The Kier molecular flexibility index (Phi) is 8.87. The summed E-state index contributed by atoms with van der Waals surface area (Å²) in [5.74, 6) is 0. The molecule has 0 saturated carbocycles. The third kappa shape index (κ3) is 6.40. The van der Waals surface area contributed by atoms with Crippen LogP contribution in [0.3, 0.4) is 0 Å². The number of rotatable bonds is 5. The van der Waals surface area contributed by atoms with Crippen molar-refractivity contribution in [3.8, 4) is 0 Å². The van der Waals surface area contributed by atoms with E-state index >= 15 is 0 Å². The van der Waals surface area contributed by atoms with Crippen LogP contribution in [0.2, 0.25) is 6.04 Å². The third-order valence-electron chi connectivity index (χ3n) is 4.47. The van der Waals surface area contributed by atoms with Crippen molar-refractivity contribution in [2.45, 2.75) is 6.04 Å². The molecular formula is C13H26N2NaO6PSi. The van der Waals surface area contributed by atoms with Gasteiger partial charge in [-0.1, -0.05) is 0 Å². The summed E-state index contributed by atoms with van der Waals surface area (Å²) in [5, 5.41) is 0. The number of fused-ring (bicyclic) bond motifs is 6. The molecule has 4 saturated heterocycles. The fourth-order valence-electron chi connectivity index (χ4n) is 3.09. The van der Waals surface area contributed by atoms with Gasteiger partial charge in [-0.3, -0.25) is 9.80 Å². The Labute approximate surface area is 166 Å². The summed E-state index contributed by atoms with van der Waals surface area (Å²) in [4.78, 5) is 16.6. The normalized spacial score (nSPS) is 34.5. The van der Waals surface area contributed by atoms with Gasteiger partial charge in [0, 0.05) is 52.4 Å². The summed E-state index contributed by atoms with van der Waals surface area (Å²) >= 11 is 0. The maximum Gasteiger partial charge on any atom is 1.00 e. The molecule has 1 unspecified atom stereocenters. The van der Waals surface area contributed by atoms with E-state index in [0.717, 1.165) is 19.6 Å². The SMILES string of the molecule is O=P([O-])(CC[Si]12OCCN(CCO1)CCO2)CN1CCOCC1.[Na+]. The van der Waals surface area contributed by atoms with Gasteiger partial charge in [0.15, 0.2) is 0 Å². The van der Waals surface area contributed by atoms with Crippen LogP contribution in [-0.2, 0) is 22.6 Å². The minimum Gasteiger partial charge on any atom is -0.798 e. The van der Waals surface area contributed by atoms with Gasteiger partial charge in [-0.2, -0.15) is 0 Å². The summed E-state index contributed by atoms with van der Waals surface area (Å²) in [6.07, 6.45) is 0.189. The average molecular weight is 388 g/mol. The van der Waals surface area contributed by atoms with Gasteiger partial charge in [0.05, 0.1) is 33.0 Å². The van der Waals surface area contributed by atoms with Crippen LogP contribution >= 0.6 is 7.37 Å². The van der Waals surface area contributed by atoms with Gasteiger partial charge in [-0.05, 0) is 6.16 Å². The van der Waals surface area contributed by atoms with E-state index < -0.39 is 16.2 Å². The first-order chi connectivity index (χ1) is 11.1. The molecule has 11 heteroatoms. The summed E-state index contributed by atoms with van der Waals surface area (Å²) < 4.78 is 35.4. The van der Waals surface area contributed by atoms with E-state index in [0.29, 0.717) is 52.2 Å². The Morgan fingerprint density at radius 3 is 2.00 bits per heavy atom. The van der Waals surface area contributed by atoms with Gasteiger partial charge in [0.2, 0.25) is 0 Å². The molecule has 0 aromatic rings. The van der Waals surface area contributed by atoms with E-state index in [2.05, 4.69) is 4.90 Å². The minimum atomic E-state index is -3.50. The van der Waals surface area contributed by atoms with Gasteiger partial charge < -0.3 is 27.5 Å². The molecule has 1 atom stereocenters. The zero-order valence-corrected chi connectivity index (χ0v) is 18.4. The third-order valence-corrected chi connectivity index (χ3v) is 9.42. The van der Waals surface area contributed by atoms with Crippen LogP contribution in [0.5, 0.6) is 0 Å². The Hall–Kier alpha value is 1.17. The molecule has 2 bridgehead atoms. The predicted octanol–water partition coefficient (Wildman–Crippen LogP) is -3.76. The van der Waals surface area contributed by atoms with Gasteiger partial charge in [0.1, 0.15) is 0 Å².